The van der Waals surface area contributed by atoms with E-state index in [9.17, 15) is 32.7 Å². The number of benzene rings is 1. The molecule has 2 amide bonds. The number of pyridine rings is 1. The molecule has 3 aliphatic rings. The van der Waals surface area contributed by atoms with Gasteiger partial charge in [0.2, 0.25) is 5.91 Å². The molecule has 1 aromatic carbocycles. The molecular weight excluding hydrogens is 561 g/mol. The quantitative estimate of drug-likeness (QED) is 0.540. The van der Waals surface area contributed by atoms with Crippen molar-refractivity contribution in [2.75, 3.05) is 46.3 Å². The van der Waals surface area contributed by atoms with Crippen molar-refractivity contribution >= 4 is 11.8 Å². The minimum atomic E-state index is -4.44. The third-order valence-corrected chi connectivity index (χ3v) is 9.77. The SMILES string of the molecule is CC(CC(F)(F)F)C(=O)N1CCC(O)(Cn2cc(C(=O)N3CCN(C)CC3)c(-c3ccccc3)cc2=O)C2(CCCC2)C1. The monoisotopic (exact) mass is 602 g/mol. The van der Waals surface area contributed by atoms with Gasteiger partial charge in [0.1, 0.15) is 0 Å². The maximum Gasteiger partial charge on any atom is 0.389 e. The first kappa shape index (κ1) is 31.3. The summed E-state index contributed by atoms with van der Waals surface area (Å²) < 4.78 is 40.5. The van der Waals surface area contributed by atoms with Crippen molar-refractivity contribution in [2.45, 2.75) is 63.8 Å². The fraction of sp³-hybridized carbons (Fsp3) is 0.594. The summed E-state index contributed by atoms with van der Waals surface area (Å²) in [5.41, 5.74) is -0.819. The van der Waals surface area contributed by atoms with Gasteiger partial charge in [0, 0.05) is 68.4 Å². The molecule has 2 aliphatic heterocycles. The molecule has 8 nitrogen and oxygen atoms in total. The van der Waals surface area contributed by atoms with Gasteiger partial charge in [-0.05, 0) is 31.9 Å². The van der Waals surface area contributed by atoms with E-state index in [1.807, 2.05) is 37.4 Å². The maximum atomic E-state index is 13.9. The number of hydrogen-bond acceptors (Lipinski definition) is 5. The molecule has 1 spiro atoms. The Kier molecular flexibility index (Phi) is 8.77. The predicted molar refractivity (Wildman–Crippen MR) is 156 cm³/mol. The molecule has 5 rings (SSSR count). The number of carbonyl (C=O) groups excluding carboxylic acids is 2. The van der Waals surface area contributed by atoms with Crippen molar-refractivity contribution in [3.05, 3.63) is 58.5 Å². The van der Waals surface area contributed by atoms with Gasteiger partial charge in [-0.2, -0.15) is 13.2 Å². The van der Waals surface area contributed by atoms with E-state index in [0.717, 1.165) is 31.5 Å². The summed E-state index contributed by atoms with van der Waals surface area (Å²) in [6.45, 7) is 4.08. The highest BCUT2D eigenvalue weighted by Crippen LogP contribution is 2.52. The Balaban J connectivity index is 1.46. The average molecular weight is 603 g/mol. The van der Waals surface area contributed by atoms with E-state index in [4.69, 9.17) is 0 Å². The maximum absolute atomic E-state index is 13.9. The molecule has 1 aliphatic carbocycles. The molecule has 43 heavy (non-hydrogen) atoms. The van der Waals surface area contributed by atoms with E-state index in [1.165, 1.54) is 22.5 Å². The summed E-state index contributed by atoms with van der Waals surface area (Å²) in [7, 11) is 2.01. The lowest BCUT2D eigenvalue weighted by Crippen LogP contribution is -2.62. The zero-order valence-corrected chi connectivity index (χ0v) is 24.9. The molecule has 2 unspecified atom stereocenters. The number of alkyl halides is 3. The number of piperazine rings is 1. The Morgan fingerprint density at radius 1 is 0.977 bits per heavy atom. The van der Waals surface area contributed by atoms with Gasteiger partial charge in [0.05, 0.1) is 24.1 Å². The normalized spacial score (nSPS) is 23.5. The Morgan fingerprint density at radius 2 is 1.63 bits per heavy atom. The van der Waals surface area contributed by atoms with Crippen molar-refractivity contribution in [1.82, 2.24) is 19.3 Å². The summed E-state index contributed by atoms with van der Waals surface area (Å²) in [6.07, 6.45) is -1.10. The van der Waals surface area contributed by atoms with E-state index in [0.29, 0.717) is 37.1 Å². The highest BCUT2D eigenvalue weighted by atomic mass is 19.4. The van der Waals surface area contributed by atoms with Crippen LogP contribution in [0.2, 0.25) is 0 Å². The first-order chi connectivity index (χ1) is 20.3. The van der Waals surface area contributed by atoms with Gasteiger partial charge >= 0.3 is 6.18 Å². The number of rotatable bonds is 6. The van der Waals surface area contributed by atoms with Crippen LogP contribution in [0.4, 0.5) is 13.2 Å². The van der Waals surface area contributed by atoms with Crippen molar-refractivity contribution in [3.63, 3.8) is 0 Å². The van der Waals surface area contributed by atoms with Crippen LogP contribution < -0.4 is 5.56 Å². The van der Waals surface area contributed by atoms with Gasteiger partial charge in [0.25, 0.3) is 11.5 Å². The molecular formula is C32H41F3N4O4. The van der Waals surface area contributed by atoms with Gasteiger partial charge in [0.15, 0.2) is 0 Å². The molecule has 2 aromatic rings. The molecule has 3 heterocycles. The fourth-order valence-corrected chi connectivity index (χ4v) is 7.22. The highest BCUT2D eigenvalue weighted by Gasteiger charge is 2.56. The van der Waals surface area contributed by atoms with Gasteiger partial charge < -0.3 is 24.4 Å². The van der Waals surface area contributed by atoms with E-state index in [2.05, 4.69) is 4.90 Å². The van der Waals surface area contributed by atoms with E-state index >= 15 is 0 Å². The highest BCUT2D eigenvalue weighted by molar-refractivity contribution is 6.00. The van der Waals surface area contributed by atoms with Gasteiger partial charge in [-0.25, -0.2) is 0 Å². The molecule has 2 saturated heterocycles. The topological polar surface area (TPSA) is 86.1 Å². The Hall–Kier alpha value is -3.18. The first-order valence-corrected chi connectivity index (χ1v) is 15.2. The zero-order valence-electron chi connectivity index (χ0n) is 24.9. The minimum absolute atomic E-state index is 0.0654. The number of likely N-dealkylation sites (N-methyl/N-ethyl adjacent to an activating group) is 1. The largest absolute Gasteiger partial charge is 0.389 e. The van der Waals surface area contributed by atoms with Crippen LogP contribution in [0.3, 0.4) is 0 Å². The van der Waals surface area contributed by atoms with Crippen LogP contribution in [0.1, 0.15) is 55.8 Å². The molecule has 234 valence electrons. The molecule has 2 atom stereocenters. The van der Waals surface area contributed by atoms with Gasteiger partial charge in [-0.1, -0.05) is 50.1 Å². The van der Waals surface area contributed by atoms with Crippen molar-refractivity contribution < 1.29 is 27.9 Å². The molecule has 1 saturated carbocycles. The predicted octanol–water partition coefficient (Wildman–Crippen LogP) is 4.02. The number of halogens is 3. The molecule has 0 bridgehead atoms. The standard InChI is InChI=1S/C32H41F3N4O4/c1-23(19-32(33,34)35)28(41)38-13-12-31(43,30(21-38)10-6-7-11-30)22-39-20-26(29(42)37-16-14-36(2)15-17-37)25(18-27(39)40)24-8-4-3-5-9-24/h3-5,8-9,18,20,23,43H,6-7,10-17,19,21-22H2,1-2H3. The third kappa shape index (κ3) is 6.52. The van der Waals surface area contributed by atoms with E-state index in [1.54, 1.807) is 11.1 Å². The summed E-state index contributed by atoms with van der Waals surface area (Å²) >= 11 is 0. The minimum Gasteiger partial charge on any atom is -0.387 e. The Bertz CT molecular complexity index is 1380. The fourth-order valence-electron chi connectivity index (χ4n) is 7.22. The van der Waals surface area contributed by atoms with Crippen LogP contribution in [0.15, 0.2) is 47.4 Å². The molecule has 11 heteroatoms. The van der Waals surface area contributed by atoms with Crippen LogP contribution in [-0.4, -0.2) is 94.3 Å². The third-order valence-electron chi connectivity index (χ3n) is 9.77. The Labute approximate surface area is 250 Å². The number of nitrogens with zero attached hydrogens (tertiary/aromatic N) is 4. The number of piperidine rings is 1. The molecule has 0 radical (unpaired) electrons. The summed E-state index contributed by atoms with van der Waals surface area (Å²) in [4.78, 5) is 45.9. The number of carbonyl (C=O) groups is 2. The lowest BCUT2D eigenvalue weighted by molar-refractivity contribution is -0.172. The smallest absolute Gasteiger partial charge is 0.387 e. The van der Waals surface area contributed by atoms with E-state index in [-0.39, 0.29) is 37.5 Å². The lowest BCUT2D eigenvalue weighted by Gasteiger charge is -2.52. The number of likely N-dealkylation sites (tertiary alicyclic amines) is 1. The van der Waals surface area contributed by atoms with Gasteiger partial charge in [-0.3, -0.25) is 14.4 Å². The van der Waals surface area contributed by atoms with Crippen LogP contribution in [0, 0.1) is 11.3 Å². The van der Waals surface area contributed by atoms with Crippen LogP contribution in [0.5, 0.6) is 0 Å². The second-order valence-electron chi connectivity index (χ2n) is 12.8. The molecule has 1 N–H and O–H groups in total. The van der Waals surface area contributed by atoms with Crippen molar-refractivity contribution in [3.8, 4) is 11.1 Å². The van der Waals surface area contributed by atoms with E-state index < -0.39 is 35.4 Å². The summed E-state index contributed by atoms with van der Waals surface area (Å²) in [6, 6.07) is 10.7. The second kappa shape index (κ2) is 12.1. The zero-order chi connectivity index (χ0) is 31.0. The number of aromatic nitrogens is 1. The van der Waals surface area contributed by atoms with Crippen LogP contribution in [-0.2, 0) is 11.3 Å². The number of amides is 2. The van der Waals surface area contributed by atoms with Crippen LogP contribution >= 0.6 is 0 Å². The Morgan fingerprint density at radius 3 is 2.26 bits per heavy atom. The van der Waals surface area contributed by atoms with Gasteiger partial charge in [-0.15, -0.1) is 0 Å². The number of hydrogen-bond donors (Lipinski definition) is 1. The van der Waals surface area contributed by atoms with Crippen molar-refractivity contribution in [2.24, 2.45) is 11.3 Å². The summed E-state index contributed by atoms with van der Waals surface area (Å²) in [5, 5.41) is 12.2. The number of aliphatic hydroxyl groups is 1. The average Bonchev–Trinajstić information content (AvgIpc) is 3.45. The first-order valence-electron chi connectivity index (χ1n) is 15.2. The molecule has 1 aromatic heterocycles. The summed E-state index contributed by atoms with van der Waals surface area (Å²) in [5.74, 6) is -1.95. The lowest BCUT2D eigenvalue weighted by atomic mass is 9.65. The molecule has 3 fully saturated rings. The van der Waals surface area contributed by atoms with Crippen LogP contribution in [0.25, 0.3) is 11.1 Å². The van der Waals surface area contributed by atoms with Crippen molar-refractivity contribution in [1.29, 1.82) is 0 Å². The second-order valence-corrected chi connectivity index (χ2v) is 12.8.